The van der Waals surface area contributed by atoms with Crippen LogP contribution in [0.3, 0.4) is 0 Å². The molecule has 2 aromatic carbocycles. The molecule has 178 valence electrons. The number of rotatable bonds is 6. The molecule has 0 bridgehead atoms. The first-order valence-corrected chi connectivity index (χ1v) is 12.4. The van der Waals surface area contributed by atoms with Crippen LogP contribution in [0.1, 0.15) is 68.4 Å². The number of anilines is 1. The Hall–Kier alpha value is -3.12. The molecule has 2 amide bonds. The van der Waals surface area contributed by atoms with Crippen molar-refractivity contribution in [2.75, 3.05) is 5.32 Å². The van der Waals surface area contributed by atoms with Crippen LogP contribution < -0.4 is 10.6 Å². The topological polar surface area (TPSA) is 87.7 Å². The van der Waals surface area contributed by atoms with Crippen LogP contribution in [0.15, 0.2) is 65.9 Å². The molecule has 0 unspecified atom stereocenters. The van der Waals surface area contributed by atoms with Gasteiger partial charge in [0.15, 0.2) is 0 Å². The van der Waals surface area contributed by atoms with Crippen LogP contribution >= 0.6 is 0 Å². The van der Waals surface area contributed by atoms with Gasteiger partial charge in [-0.2, -0.15) is 0 Å². The van der Waals surface area contributed by atoms with E-state index in [1.54, 1.807) is 0 Å². The first-order chi connectivity index (χ1) is 16.5. The van der Waals surface area contributed by atoms with Crippen LogP contribution in [0, 0.1) is 0 Å². The summed E-state index contributed by atoms with van der Waals surface area (Å²) in [5.41, 5.74) is 1.88. The van der Waals surface area contributed by atoms with Gasteiger partial charge >= 0.3 is 0 Å². The fraction of sp³-hybridized carbons (Fsp3) is 0.429. The van der Waals surface area contributed by atoms with Crippen molar-refractivity contribution < 1.29 is 19.4 Å². The van der Waals surface area contributed by atoms with Crippen LogP contribution in [0.5, 0.6) is 0 Å². The number of ether oxygens (including phenoxy) is 1. The molecule has 2 fully saturated rings. The molecular formula is C28H32N2O4. The predicted molar refractivity (Wildman–Crippen MR) is 130 cm³/mol. The molecule has 2 atom stereocenters. The van der Waals surface area contributed by atoms with Gasteiger partial charge < -0.3 is 20.5 Å². The Morgan fingerprint density at radius 3 is 2.50 bits per heavy atom. The largest absolute Gasteiger partial charge is 0.509 e. The lowest BCUT2D eigenvalue weighted by Crippen LogP contribution is -2.43. The molecule has 2 aromatic rings. The molecule has 0 saturated heterocycles. The Balaban J connectivity index is 1.23. The predicted octanol–water partition coefficient (Wildman–Crippen LogP) is 5.12. The van der Waals surface area contributed by atoms with Crippen molar-refractivity contribution in [2.45, 2.75) is 75.5 Å². The summed E-state index contributed by atoms with van der Waals surface area (Å²) in [5.74, 6) is -0.687. The van der Waals surface area contributed by atoms with Gasteiger partial charge in [0.05, 0.1) is 12.7 Å². The summed E-state index contributed by atoms with van der Waals surface area (Å²) in [6.07, 6.45) is 7.87. The van der Waals surface area contributed by atoms with E-state index in [1.165, 1.54) is 37.7 Å². The second-order valence-corrected chi connectivity index (χ2v) is 9.83. The molecule has 5 rings (SSSR count). The fourth-order valence-corrected chi connectivity index (χ4v) is 5.62. The first kappa shape index (κ1) is 22.7. The molecule has 0 radical (unpaired) electrons. The summed E-state index contributed by atoms with van der Waals surface area (Å²) < 4.78 is 6.03. The van der Waals surface area contributed by atoms with Gasteiger partial charge in [-0.05, 0) is 54.9 Å². The van der Waals surface area contributed by atoms with Crippen molar-refractivity contribution in [2.24, 2.45) is 0 Å². The summed E-state index contributed by atoms with van der Waals surface area (Å²) >= 11 is 0. The average molecular weight is 461 g/mol. The van der Waals surface area contributed by atoms with Gasteiger partial charge in [0.25, 0.3) is 11.8 Å². The number of hydrogen-bond donors (Lipinski definition) is 3. The minimum absolute atomic E-state index is 0.0996. The number of aliphatic hydroxyl groups excluding tert-OH is 1. The van der Waals surface area contributed by atoms with Gasteiger partial charge in [0.1, 0.15) is 16.9 Å². The minimum atomic E-state index is -0.921. The quantitative estimate of drug-likeness (QED) is 0.522. The van der Waals surface area contributed by atoms with Crippen molar-refractivity contribution in [3.8, 4) is 0 Å². The summed E-state index contributed by atoms with van der Waals surface area (Å²) in [6, 6.07) is 17.8. The number of nitrogens with one attached hydrogen (secondary N) is 2. The van der Waals surface area contributed by atoms with Gasteiger partial charge in [-0.1, -0.05) is 61.7 Å². The van der Waals surface area contributed by atoms with Gasteiger partial charge in [0.2, 0.25) is 0 Å². The highest BCUT2D eigenvalue weighted by molar-refractivity contribution is 6.25. The smallest absolute Gasteiger partial charge is 0.264 e. The molecule has 1 spiro atoms. The SMILES string of the molecule is O=C(Nc1ccc(C2CCCCC2)cc1)C1=C(O)[C@@]2(CC[C@H](OCc3ccccc3)C2)NC1=O. The van der Waals surface area contributed by atoms with Crippen molar-refractivity contribution in [1.29, 1.82) is 0 Å². The van der Waals surface area contributed by atoms with Crippen molar-refractivity contribution >= 4 is 17.5 Å². The maximum absolute atomic E-state index is 12.9. The van der Waals surface area contributed by atoms with Crippen LogP contribution in [-0.4, -0.2) is 28.6 Å². The van der Waals surface area contributed by atoms with E-state index in [0.717, 1.165) is 5.56 Å². The Kier molecular flexibility index (Phi) is 6.42. The number of benzene rings is 2. The molecular weight excluding hydrogens is 428 g/mol. The molecule has 6 nitrogen and oxygen atoms in total. The Morgan fingerprint density at radius 1 is 1.03 bits per heavy atom. The van der Waals surface area contributed by atoms with Crippen molar-refractivity contribution in [1.82, 2.24) is 5.32 Å². The number of hydrogen-bond acceptors (Lipinski definition) is 4. The Bertz CT molecular complexity index is 1070. The zero-order chi connectivity index (χ0) is 23.5. The van der Waals surface area contributed by atoms with E-state index >= 15 is 0 Å². The van der Waals surface area contributed by atoms with Gasteiger partial charge in [-0.25, -0.2) is 0 Å². The summed E-state index contributed by atoms with van der Waals surface area (Å²) in [7, 11) is 0. The second kappa shape index (κ2) is 9.63. The van der Waals surface area contributed by atoms with E-state index in [4.69, 9.17) is 4.74 Å². The highest BCUT2D eigenvalue weighted by Crippen LogP contribution is 2.41. The van der Waals surface area contributed by atoms with E-state index in [-0.39, 0.29) is 17.4 Å². The minimum Gasteiger partial charge on any atom is -0.509 e. The lowest BCUT2D eigenvalue weighted by molar-refractivity contribution is -0.121. The zero-order valence-corrected chi connectivity index (χ0v) is 19.4. The average Bonchev–Trinajstić information content (AvgIpc) is 3.39. The molecule has 3 N–H and O–H groups in total. The number of amides is 2. The van der Waals surface area contributed by atoms with E-state index < -0.39 is 17.4 Å². The van der Waals surface area contributed by atoms with Crippen molar-refractivity contribution in [3.05, 3.63) is 77.1 Å². The summed E-state index contributed by atoms with van der Waals surface area (Å²) in [6.45, 7) is 0.476. The fourth-order valence-electron chi connectivity index (χ4n) is 5.62. The standard InChI is InChI=1S/C28H32N2O4/c31-25-24(26(32)29-22-13-11-21(12-14-22)20-9-5-2-6-10-20)27(33)30-28(25)16-15-23(17-28)34-18-19-7-3-1-4-8-19/h1,3-4,7-8,11-14,20,23,31H,2,5-6,9-10,15-18H2,(H,29,32)(H,30,33)/t23-,28-/m0/s1. The van der Waals surface area contributed by atoms with Gasteiger partial charge in [-0.3, -0.25) is 9.59 Å². The lowest BCUT2D eigenvalue weighted by Gasteiger charge is -2.24. The van der Waals surface area contributed by atoms with E-state index in [1.807, 2.05) is 42.5 Å². The number of carbonyl (C=O) groups excluding carboxylic acids is 2. The first-order valence-electron chi connectivity index (χ1n) is 12.4. The number of carbonyl (C=O) groups is 2. The molecule has 34 heavy (non-hydrogen) atoms. The third kappa shape index (κ3) is 4.60. The summed E-state index contributed by atoms with van der Waals surface area (Å²) in [4.78, 5) is 25.6. The molecule has 2 aliphatic carbocycles. The van der Waals surface area contributed by atoms with Crippen LogP contribution in [0.2, 0.25) is 0 Å². The van der Waals surface area contributed by atoms with Crippen LogP contribution in [-0.2, 0) is 20.9 Å². The van der Waals surface area contributed by atoms with Crippen molar-refractivity contribution in [3.63, 3.8) is 0 Å². The normalized spacial score (nSPS) is 25.1. The Morgan fingerprint density at radius 2 is 1.76 bits per heavy atom. The number of aliphatic hydroxyl groups is 1. The van der Waals surface area contributed by atoms with Crippen LogP contribution in [0.4, 0.5) is 5.69 Å². The maximum atomic E-state index is 12.9. The van der Waals surface area contributed by atoms with E-state index in [2.05, 4.69) is 22.8 Å². The zero-order valence-electron chi connectivity index (χ0n) is 19.4. The van der Waals surface area contributed by atoms with Crippen LogP contribution in [0.25, 0.3) is 0 Å². The monoisotopic (exact) mass is 460 g/mol. The third-order valence-corrected chi connectivity index (χ3v) is 7.54. The van der Waals surface area contributed by atoms with Gasteiger partial charge in [0, 0.05) is 12.1 Å². The van der Waals surface area contributed by atoms with Gasteiger partial charge in [-0.15, -0.1) is 0 Å². The molecule has 6 heteroatoms. The summed E-state index contributed by atoms with van der Waals surface area (Å²) in [5, 5.41) is 16.6. The molecule has 0 aromatic heterocycles. The highest BCUT2D eigenvalue weighted by Gasteiger charge is 2.52. The second-order valence-electron chi connectivity index (χ2n) is 9.83. The van der Waals surface area contributed by atoms with E-state index in [0.29, 0.717) is 37.5 Å². The molecule has 2 saturated carbocycles. The third-order valence-electron chi connectivity index (χ3n) is 7.54. The molecule has 3 aliphatic rings. The maximum Gasteiger partial charge on any atom is 0.264 e. The molecule has 1 heterocycles. The molecule has 1 aliphatic heterocycles. The Labute approximate surface area is 200 Å². The lowest BCUT2D eigenvalue weighted by atomic mass is 9.84. The van der Waals surface area contributed by atoms with E-state index in [9.17, 15) is 14.7 Å². The highest BCUT2D eigenvalue weighted by atomic mass is 16.5.